The number of hydrogen-bond acceptors (Lipinski definition) is 6. The Morgan fingerprint density at radius 1 is 1.04 bits per heavy atom. The number of anilines is 1. The minimum absolute atomic E-state index is 0.0263. The summed E-state index contributed by atoms with van der Waals surface area (Å²) in [6.07, 6.45) is 1.35. The second kappa shape index (κ2) is 8.37. The van der Waals surface area contributed by atoms with Crippen LogP contribution in [0.1, 0.15) is 10.4 Å². The van der Waals surface area contributed by atoms with Gasteiger partial charge in [0.25, 0.3) is 11.8 Å². The Hall–Kier alpha value is -3.29. The molecule has 0 aliphatic carbocycles. The van der Waals surface area contributed by atoms with Gasteiger partial charge < -0.3 is 14.8 Å². The number of para-hydroxylation sites is 2. The maximum Gasteiger partial charge on any atom is 0.271 e. The molecule has 0 aliphatic rings. The van der Waals surface area contributed by atoms with Crippen molar-refractivity contribution < 1.29 is 19.1 Å². The van der Waals surface area contributed by atoms with E-state index in [0.29, 0.717) is 22.9 Å². The Bertz CT molecular complexity index is 703. The summed E-state index contributed by atoms with van der Waals surface area (Å²) < 4.78 is 10.1. The highest BCUT2D eigenvalue weighted by Gasteiger charge is 2.09. The lowest BCUT2D eigenvalue weighted by Crippen LogP contribution is -2.44. The summed E-state index contributed by atoms with van der Waals surface area (Å²) in [4.78, 5) is 27.6. The Balaban J connectivity index is 1.81. The summed E-state index contributed by atoms with van der Waals surface area (Å²) in [5, 5.41) is 2.93. The fraction of sp³-hybridized carbons (Fsp3) is 0.188. The molecular weight excluding hydrogens is 312 g/mol. The number of benzene rings is 1. The number of carbonyl (C=O) groups excluding carboxylic acids is 2. The lowest BCUT2D eigenvalue weighted by molar-refractivity contribution is -0.120. The van der Waals surface area contributed by atoms with Crippen LogP contribution in [0.4, 0.5) is 5.69 Å². The first-order valence-electron chi connectivity index (χ1n) is 7.10. The first kappa shape index (κ1) is 17.1. The van der Waals surface area contributed by atoms with Crippen molar-refractivity contribution >= 4 is 17.5 Å². The highest BCUT2D eigenvalue weighted by molar-refractivity contribution is 5.95. The average molecular weight is 330 g/mol. The number of carbonyl (C=O) groups is 2. The van der Waals surface area contributed by atoms with Crippen molar-refractivity contribution in [2.45, 2.75) is 0 Å². The Kier molecular flexibility index (Phi) is 5.95. The van der Waals surface area contributed by atoms with Gasteiger partial charge in [0.1, 0.15) is 5.75 Å². The summed E-state index contributed by atoms with van der Waals surface area (Å²) in [6.45, 7) is -0.0263. The molecule has 0 saturated carbocycles. The molecule has 8 nitrogen and oxygen atoms in total. The molecule has 126 valence electrons. The Labute approximate surface area is 139 Å². The fourth-order valence-electron chi connectivity index (χ4n) is 1.84. The molecule has 2 aromatic rings. The van der Waals surface area contributed by atoms with Gasteiger partial charge in [-0.15, -0.1) is 0 Å². The normalized spacial score (nSPS) is 9.75. The van der Waals surface area contributed by atoms with Gasteiger partial charge in [-0.25, -0.2) is 4.98 Å². The molecular formula is C16H18N4O4. The first-order valence-corrected chi connectivity index (χ1v) is 7.10. The highest BCUT2D eigenvalue weighted by atomic mass is 16.5. The molecule has 0 saturated heterocycles. The molecule has 0 spiro atoms. The van der Waals surface area contributed by atoms with Gasteiger partial charge >= 0.3 is 0 Å². The number of nitrogens with zero attached hydrogens (tertiary/aromatic N) is 1. The van der Waals surface area contributed by atoms with E-state index in [0.717, 1.165) is 0 Å². The largest absolute Gasteiger partial charge is 0.495 e. The molecule has 0 aliphatic heterocycles. The quantitative estimate of drug-likeness (QED) is 0.682. The van der Waals surface area contributed by atoms with Crippen LogP contribution in [0.5, 0.6) is 11.6 Å². The Morgan fingerprint density at radius 3 is 2.50 bits per heavy atom. The van der Waals surface area contributed by atoms with E-state index in [1.165, 1.54) is 13.3 Å². The zero-order valence-electron chi connectivity index (χ0n) is 13.3. The fourth-order valence-corrected chi connectivity index (χ4v) is 1.84. The summed E-state index contributed by atoms with van der Waals surface area (Å²) in [7, 11) is 3.03. The molecule has 3 N–H and O–H groups in total. The number of hydrazine groups is 1. The second-order valence-electron chi connectivity index (χ2n) is 4.65. The molecule has 1 heterocycles. The number of methoxy groups -OCH3 is 2. The van der Waals surface area contributed by atoms with Gasteiger partial charge in [0, 0.05) is 12.3 Å². The summed E-state index contributed by atoms with van der Waals surface area (Å²) in [5.74, 6) is 0.141. The van der Waals surface area contributed by atoms with Crippen molar-refractivity contribution in [2.24, 2.45) is 0 Å². The van der Waals surface area contributed by atoms with E-state index in [9.17, 15) is 9.59 Å². The van der Waals surface area contributed by atoms with E-state index >= 15 is 0 Å². The molecule has 0 atom stereocenters. The summed E-state index contributed by atoms with van der Waals surface area (Å²) in [5.41, 5.74) is 5.61. The van der Waals surface area contributed by atoms with E-state index in [2.05, 4.69) is 21.2 Å². The molecule has 8 heteroatoms. The number of nitrogens with one attached hydrogen (secondary N) is 3. The number of ether oxygens (including phenoxy) is 2. The highest BCUT2D eigenvalue weighted by Crippen LogP contribution is 2.22. The third kappa shape index (κ3) is 4.60. The smallest absolute Gasteiger partial charge is 0.271 e. The van der Waals surface area contributed by atoms with Crippen LogP contribution < -0.4 is 25.6 Å². The van der Waals surface area contributed by atoms with Gasteiger partial charge in [0.05, 0.1) is 32.0 Å². The monoisotopic (exact) mass is 330 g/mol. The predicted octanol–water partition coefficient (Wildman–Crippen LogP) is 0.972. The number of rotatable bonds is 6. The van der Waals surface area contributed by atoms with Crippen LogP contribution in [0.3, 0.4) is 0 Å². The zero-order chi connectivity index (χ0) is 17.4. The zero-order valence-corrected chi connectivity index (χ0v) is 13.3. The molecule has 1 aromatic carbocycles. The van der Waals surface area contributed by atoms with Crippen molar-refractivity contribution in [1.82, 2.24) is 15.8 Å². The van der Waals surface area contributed by atoms with E-state index in [1.54, 1.807) is 31.4 Å². The van der Waals surface area contributed by atoms with E-state index in [4.69, 9.17) is 9.47 Å². The average Bonchev–Trinajstić information content (AvgIpc) is 2.64. The SMILES string of the molecule is COc1ccc(C(=O)NNC(=O)CNc2ccccc2OC)cn1. The van der Waals surface area contributed by atoms with Crippen molar-refractivity contribution in [1.29, 1.82) is 0 Å². The van der Waals surface area contributed by atoms with Crippen LogP contribution >= 0.6 is 0 Å². The van der Waals surface area contributed by atoms with Crippen LogP contribution in [0.2, 0.25) is 0 Å². The van der Waals surface area contributed by atoms with Crippen molar-refractivity contribution in [3.63, 3.8) is 0 Å². The van der Waals surface area contributed by atoms with Crippen molar-refractivity contribution in [2.75, 3.05) is 26.1 Å². The molecule has 2 amide bonds. The van der Waals surface area contributed by atoms with Gasteiger partial charge in [-0.1, -0.05) is 12.1 Å². The van der Waals surface area contributed by atoms with Gasteiger partial charge in [-0.05, 0) is 18.2 Å². The van der Waals surface area contributed by atoms with Crippen LogP contribution in [0, 0.1) is 0 Å². The number of aromatic nitrogens is 1. The van der Waals surface area contributed by atoms with E-state index < -0.39 is 11.8 Å². The molecule has 24 heavy (non-hydrogen) atoms. The molecule has 1 aromatic heterocycles. The lowest BCUT2D eigenvalue weighted by Gasteiger charge is -2.11. The standard InChI is InChI=1S/C16H18N4O4/c1-23-13-6-4-3-5-12(13)17-10-14(21)19-20-16(22)11-7-8-15(24-2)18-9-11/h3-9,17H,10H2,1-2H3,(H,19,21)(H,20,22). The van der Waals surface area contributed by atoms with Crippen molar-refractivity contribution in [3.05, 3.63) is 48.2 Å². The summed E-state index contributed by atoms with van der Waals surface area (Å²) in [6, 6.07) is 10.3. The van der Waals surface area contributed by atoms with Crippen LogP contribution in [0.25, 0.3) is 0 Å². The first-order chi connectivity index (χ1) is 11.6. The summed E-state index contributed by atoms with van der Waals surface area (Å²) >= 11 is 0. The minimum Gasteiger partial charge on any atom is -0.495 e. The topological polar surface area (TPSA) is 102 Å². The number of pyridine rings is 1. The lowest BCUT2D eigenvalue weighted by atomic mass is 10.3. The van der Waals surface area contributed by atoms with E-state index in [1.807, 2.05) is 12.1 Å². The maximum absolute atomic E-state index is 11.9. The van der Waals surface area contributed by atoms with Gasteiger partial charge in [0.15, 0.2) is 0 Å². The van der Waals surface area contributed by atoms with Gasteiger partial charge in [-0.3, -0.25) is 20.4 Å². The Morgan fingerprint density at radius 2 is 1.83 bits per heavy atom. The van der Waals surface area contributed by atoms with Crippen molar-refractivity contribution in [3.8, 4) is 11.6 Å². The second-order valence-corrected chi connectivity index (χ2v) is 4.65. The molecule has 2 rings (SSSR count). The van der Waals surface area contributed by atoms with Crippen LogP contribution in [-0.2, 0) is 4.79 Å². The number of hydrogen-bond donors (Lipinski definition) is 3. The third-order valence-electron chi connectivity index (χ3n) is 3.07. The maximum atomic E-state index is 11.9. The predicted molar refractivity (Wildman–Crippen MR) is 87.9 cm³/mol. The van der Waals surface area contributed by atoms with Crippen LogP contribution in [-0.4, -0.2) is 37.6 Å². The van der Waals surface area contributed by atoms with Gasteiger partial charge in [-0.2, -0.15) is 0 Å². The van der Waals surface area contributed by atoms with E-state index in [-0.39, 0.29) is 6.54 Å². The van der Waals surface area contributed by atoms with Crippen LogP contribution in [0.15, 0.2) is 42.6 Å². The number of amides is 2. The molecule has 0 radical (unpaired) electrons. The molecule has 0 unspecified atom stereocenters. The molecule has 0 bridgehead atoms. The third-order valence-corrected chi connectivity index (χ3v) is 3.07. The molecule has 0 fully saturated rings. The minimum atomic E-state index is -0.476. The van der Waals surface area contributed by atoms with Gasteiger partial charge in [0.2, 0.25) is 5.88 Å².